The third kappa shape index (κ3) is 4.67. The maximum atomic E-state index is 5.65. The van der Waals surface area contributed by atoms with Crippen molar-refractivity contribution in [2.24, 2.45) is 0 Å². The zero-order chi connectivity index (χ0) is 15.1. The molecule has 0 aliphatic carbocycles. The van der Waals surface area contributed by atoms with Crippen molar-refractivity contribution in [3.8, 4) is 11.5 Å². The van der Waals surface area contributed by atoms with Crippen molar-refractivity contribution in [2.45, 2.75) is 19.9 Å². The largest absolute Gasteiger partial charge is 0.497 e. The molecule has 0 saturated heterocycles. The van der Waals surface area contributed by atoms with Gasteiger partial charge in [0.2, 0.25) is 0 Å². The summed E-state index contributed by atoms with van der Waals surface area (Å²) in [6.45, 7) is 3.58. The van der Waals surface area contributed by atoms with Crippen LogP contribution in [-0.4, -0.2) is 13.7 Å². The predicted octanol–water partition coefficient (Wildman–Crippen LogP) is 4.86. The Kier molecular flexibility index (Phi) is 5.93. The Balaban J connectivity index is 2.02. The number of nitrogens with one attached hydrogen (secondary N) is 1. The molecule has 0 aromatic heterocycles. The van der Waals surface area contributed by atoms with E-state index in [1.165, 1.54) is 5.56 Å². The molecule has 3 nitrogen and oxygen atoms in total. The lowest BCUT2D eigenvalue weighted by Crippen LogP contribution is -2.01. The second kappa shape index (κ2) is 7.93. The van der Waals surface area contributed by atoms with Gasteiger partial charge in [0.15, 0.2) is 0 Å². The van der Waals surface area contributed by atoms with Gasteiger partial charge in [-0.2, -0.15) is 0 Å². The van der Waals surface area contributed by atoms with Crippen LogP contribution in [0.5, 0.6) is 11.5 Å². The first-order valence-corrected chi connectivity index (χ1v) is 7.81. The van der Waals surface area contributed by atoms with Crippen molar-refractivity contribution in [3.63, 3.8) is 0 Å². The third-order valence-corrected chi connectivity index (χ3v) is 3.72. The molecule has 4 heteroatoms. The first kappa shape index (κ1) is 15.7. The van der Waals surface area contributed by atoms with E-state index < -0.39 is 0 Å². The molecule has 0 atom stereocenters. The van der Waals surface area contributed by atoms with Crippen LogP contribution in [0.2, 0.25) is 0 Å². The molecule has 0 saturated carbocycles. The molecule has 112 valence electrons. The van der Waals surface area contributed by atoms with Gasteiger partial charge < -0.3 is 14.8 Å². The predicted molar refractivity (Wildman–Crippen MR) is 90.2 cm³/mol. The molecule has 0 aliphatic rings. The molecule has 0 spiro atoms. The highest BCUT2D eigenvalue weighted by molar-refractivity contribution is 9.10. The van der Waals surface area contributed by atoms with Crippen LogP contribution in [0.15, 0.2) is 46.9 Å². The fourth-order valence-electron chi connectivity index (χ4n) is 1.93. The van der Waals surface area contributed by atoms with Gasteiger partial charge in [0, 0.05) is 17.1 Å². The van der Waals surface area contributed by atoms with E-state index in [0.717, 1.165) is 41.2 Å². The van der Waals surface area contributed by atoms with E-state index in [1.54, 1.807) is 7.11 Å². The minimum atomic E-state index is 0.731. The fraction of sp³-hybridized carbons (Fsp3) is 0.294. The number of ether oxygens (including phenoxy) is 2. The molecule has 21 heavy (non-hydrogen) atoms. The number of hydrogen-bond donors (Lipinski definition) is 1. The summed E-state index contributed by atoms with van der Waals surface area (Å²) in [7, 11) is 1.67. The van der Waals surface area contributed by atoms with E-state index in [0.29, 0.717) is 0 Å². The van der Waals surface area contributed by atoms with Crippen LogP contribution < -0.4 is 14.8 Å². The Bertz CT molecular complexity index is 587. The Morgan fingerprint density at radius 2 is 1.95 bits per heavy atom. The molecule has 2 aromatic carbocycles. The average molecular weight is 350 g/mol. The summed E-state index contributed by atoms with van der Waals surface area (Å²) in [6, 6.07) is 14.0. The van der Waals surface area contributed by atoms with Gasteiger partial charge in [-0.3, -0.25) is 0 Å². The molecular weight excluding hydrogens is 330 g/mol. The van der Waals surface area contributed by atoms with Gasteiger partial charge in [0.05, 0.1) is 19.4 Å². The van der Waals surface area contributed by atoms with Gasteiger partial charge >= 0.3 is 0 Å². The standard InChI is InChI=1S/C17H20BrNO2/c1-3-9-21-15-6-4-5-13(10-15)12-19-17-11-14(20-2)7-8-16(17)18/h4-8,10-11,19H,3,9,12H2,1-2H3. The monoisotopic (exact) mass is 349 g/mol. The minimum absolute atomic E-state index is 0.731. The average Bonchev–Trinajstić information content (AvgIpc) is 2.52. The van der Waals surface area contributed by atoms with E-state index in [1.807, 2.05) is 30.3 Å². The lowest BCUT2D eigenvalue weighted by Gasteiger charge is -2.11. The van der Waals surface area contributed by atoms with Crippen molar-refractivity contribution in [3.05, 3.63) is 52.5 Å². The molecule has 0 fully saturated rings. The molecule has 0 heterocycles. The normalized spacial score (nSPS) is 10.2. The highest BCUT2D eigenvalue weighted by Gasteiger charge is 2.03. The lowest BCUT2D eigenvalue weighted by molar-refractivity contribution is 0.317. The highest BCUT2D eigenvalue weighted by atomic mass is 79.9. The molecule has 0 amide bonds. The SMILES string of the molecule is CCCOc1cccc(CNc2cc(OC)ccc2Br)c1. The van der Waals surface area contributed by atoms with Gasteiger partial charge in [-0.1, -0.05) is 19.1 Å². The Labute approximate surface area is 134 Å². The van der Waals surface area contributed by atoms with Crippen LogP contribution in [-0.2, 0) is 6.54 Å². The molecule has 0 unspecified atom stereocenters. The lowest BCUT2D eigenvalue weighted by atomic mass is 10.2. The van der Waals surface area contributed by atoms with Gasteiger partial charge in [-0.25, -0.2) is 0 Å². The van der Waals surface area contributed by atoms with Gasteiger partial charge in [-0.15, -0.1) is 0 Å². The molecule has 0 aliphatic heterocycles. The molecule has 2 rings (SSSR count). The molecular formula is C17H20BrNO2. The second-order valence-corrected chi connectivity index (χ2v) is 5.55. The number of benzene rings is 2. The van der Waals surface area contributed by atoms with Gasteiger partial charge in [-0.05, 0) is 52.2 Å². The number of hydrogen-bond acceptors (Lipinski definition) is 3. The maximum Gasteiger partial charge on any atom is 0.121 e. The maximum absolute atomic E-state index is 5.65. The van der Waals surface area contributed by atoms with Crippen molar-refractivity contribution in [2.75, 3.05) is 19.0 Å². The number of methoxy groups -OCH3 is 1. The minimum Gasteiger partial charge on any atom is -0.497 e. The Morgan fingerprint density at radius 3 is 2.71 bits per heavy atom. The molecule has 1 N–H and O–H groups in total. The van der Waals surface area contributed by atoms with Crippen LogP contribution in [0.4, 0.5) is 5.69 Å². The topological polar surface area (TPSA) is 30.5 Å². The summed E-state index contributed by atoms with van der Waals surface area (Å²) in [5, 5.41) is 3.40. The first-order valence-electron chi connectivity index (χ1n) is 7.02. The number of rotatable bonds is 7. The van der Waals surface area contributed by atoms with Crippen LogP contribution >= 0.6 is 15.9 Å². The summed E-state index contributed by atoms with van der Waals surface area (Å²) in [5.74, 6) is 1.75. The fourth-order valence-corrected chi connectivity index (χ4v) is 2.32. The van der Waals surface area contributed by atoms with E-state index in [2.05, 4.69) is 40.3 Å². The van der Waals surface area contributed by atoms with Crippen LogP contribution in [0.1, 0.15) is 18.9 Å². The zero-order valence-corrected chi connectivity index (χ0v) is 13.9. The zero-order valence-electron chi connectivity index (χ0n) is 12.4. The van der Waals surface area contributed by atoms with E-state index >= 15 is 0 Å². The van der Waals surface area contributed by atoms with E-state index in [4.69, 9.17) is 9.47 Å². The van der Waals surface area contributed by atoms with Crippen molar-refractivity contribution < 1.29 is 9.47 Å². The number of halogens is 1. The highest BCUT2D eigenvalue weighted by Crippen LogP contribution is 2.27. The molecule has 0 radical (unpaired) electrons. The van der Waals surface area contributed by atoms with Crippen molar-refractivity contribution in [1.82, 2.24) is 0 Å². The molecule has 2 aromatic rings. The quantitative estimate of drug-likeness (QED) is 0.774. The number of anilines is 1. The van der Waals surface area contributed by atoms with Crippen molar-refractivity contribution in [1.29, 1.82) is 0 Å². The summed E-state index contributed by atoms with van der Waals surface area (Å²) < 4.78 is 11.9. The van der Waals surface area contributed by atoms with Crippen LogP contribution in [0.25, 0.3) is 0 Å². The van der Waals surface area contributed by atoms with Gasteiger partial charge in [0.1, 0.15) is 11.5 Å². The van der Waals surface area contributed by atoms with Crippen molar-refractivity contribution >= 4 is 21.6 Å². The van der Waals surface area contributed by atoms with E-state index in [9.17, 15) is 0 Å². The third-order valence-electron chi connectivity index (χ3n) is 3.03. The first-order chi connectivity index (χ1) is 10.2. The second-order valence-electron chi connectivity index (χ2n) is 4.70. The summed E-state index contributed by atoms with van der Waals surface area (Å²) >= 11 is 3.54. The van der Waals surface area contributed by atoms with Crippen LogP contribution in [0.3, 0.4) is 0 Å². The smallest absolute Gasteiger partial charge is 0.121 e. The Morgan fingerprint density at radius 1 is 1.10 bits per heavy atom. The summed E-state index contributed by atoms with van der Waals surface area (Å²) in [6.07, 6.45) is 1.01. The van der Waals surface area contributed by atoms with Crippen LogP contribution in [0, 0.1) is 0 Å². The summed E-state index contributed by atoms with van der Waals surface area (Å²) in [5.41, 5.74) is 2.19. The summed E-state index contributed by atoms with van der Waals surface area (Å²) in [4.78, 5) is 0. The van der Waals surface area contributed by atoms with E-state index in [-0.39, 0.29) is 0 Å². The van der Waals surface area contributed by atoms with Gasteiger partial charge in [0.25, 0.3) is 0 Å². The Hall–Kier alpha value is -1.68. The molecule has 0 bridgehead atoms.